The number of aromatic nitrogens is 6. The maximum absolute atomic E-state index is 13.4. The summed E-state index contributed by atoms with van der Waals surface area (Å²) < 4.78 is 71.7. The lowest BCUT2D eigenvalue weighted by Crippen LogP contribution is -2.37. The van der Waals surface area contributed by atoms with Gasteiger partial charge in [-0.05, 0) is 18.2 Å². The first-order valence-corrected chi connectivity index (χ1v) is 8.79. The Morgan fingerprint density at radius 3 is 2.80 bits per heavy atom. The Morgan fingerprint density at radius 1 is 1.23 bits per heavy atom. The number of rotatable bonds is 3. The Kier molecular flexibility index (Phi) is 4.01. The molecular formula is C17H12F5N7O. The molecular weight excluding hydrogens is 413 g/mol. The second-order valence-electron chi connectivity index (χ2n) is 6.66. The number of pyridine rings is 1. The van der Waals surface area contributed by atoms with E-state index in [1.807, 2.05) is 0 Å². The van der Waals surface area contributed by atoms with Gasteiger partial charge in [0.2, 0.25) is 0 Å². The molecule has 1 N–H and O–H groups in total. The SMILES string of the molecule is FC(F)c1cccn2nc(C3c4nc[nH]c4CCN3c3nnc(C(F)(F)F)o3)cc12. The topological polar surface area (TPSA) is 88.1 Å². The molecule has 8 nitrogen and oxygen atoms in total. The lowest BCUT2D eigenvalue weighted by atomic mass is 10.00. The van der Waals surface area contributed by atoms with Gasteiger partial charge >= 0.3 is 18.1 Å². The van der Waals surface area contributed by atoms with Crippen LogP contribution in [0, 0.1) is 0 Å². The third-order valence-electron chi connectivity index (χ3n) is 4.90. The van der Waals surface area contributed by atoms with Crippen molar-refractivity contribution in [3.8, 4) is 0 Å². The van der Waals surface area contributed by atoms with Crippen LogP contribution < -0.4 is 4.90 Å². The van der Waals surface area contributed by atoms with E-state index in [0.29, 0.717) is 17.8 Å². The van der Waals surface area contributed by atoms with Crippen LogP contribution in [0.2, 0.25) is 0 Å². The number of aromatic amines is 1. The van der Waals surface area contributed by atoms with Crippen molar-refractivity contribution in [1.29, 1.82) is 0 Å². The van der Waals surface area contributed by atoms with Crippen LogP contribution in [0.1, 0.15) is 41.0 Å². The monoisotopic (exact) mass is 425 g/mol. The Labute approximate surface area is 164 Å². The molecule has 0 bridgehead atoms. The quantitative estimate of drug-likeness (QED) is 0.505. The van der Waals surface area contributed by atoms with Crippen molar-refractivity contribution in [3.63, 3.8) is 0 Å². The van der Waals surface area contributed by atoms with Crippen molar-refractivity contribution in [2.45, 2.75) is 25.1 Å². The van der Waals surface area contributed by atoms with E-state index in [0.717, 1.165) is 5.69 Å². The Bertz CT molecular complexity index is 1210. The number of imidazole rings is 1. The van der Waals surface area contributed by atoms with Gasteiger partial charge in [-0.25, -0.2) is 18.3 Å². The highest BCUT2D eigenvalue weighted by atomic mass is 19.4. The van der Waals surface area contributed by atoms with Crippen LogP contribution in [0.25, 0.3) is 5.52 Å². The molecule has 0 saturated carbocycles. The summed E-state index contributed by atoms with van der Waals surface area (Å²) in [5.41, 5.74) is 1.54. The summed E-state index contributed by atoms with van der Waals surface area (Å²) in [7, 11) is 0. The average molecular weight is 425 g/mol. The highest BCUT2D eigenvalue weighted by Gasteiger charge is 2.41. The minimum atomic E-state index is -4.79. The summed E-state index contributed by atoms with van der Waals surface area (Å²) in [5.74, 6) is -1.47. The molecule has 0 aromatic carbocycles. The third kappa shape index (κ3) is 2.88. The predicted octanol–water partition coefficient (Wildman–Crippen LogP) is 3.55. The van der Waals surface area contributed by atoms with E-state index in [1.54, 1.807) is 0 Å². The minimum absolute atomic E-state index is 0.187. The van der Waals surface area contributed by atoms with E-state index in [-0.39, 0.29) is 23.6 Å². The number of alkyl halides is 5. The molecule has 0 spiro atoms. The second-order valence-corrected chi connectivity index (χ2v) is 6.66. The number of hydrogen-bond donors (Lipinski definition) is 1. The van der Waals surface area contributed by atoms with E-state index in [9.17, 15) is 22.0 Å². The first-order valence-electron chi connectivity index (χ1n) is 8.79. The molecule has 13 heteroatoms. The maximum Gasteiger partial charge on any atom is 0.470 e. The van der Waals surface area contributed by atoms with Crippen molar-refractivity contribution in [1.82, 2.24) is 29.8 Å². The molecule has 0 saturated heterocycles. The number of nitrogens with zero attached hydrogens (tertiary/aromatic N) is 6. The molecule has 0 fully saturated rings. The molecule has 0 radical (unpaired) electrons. The molecule has 30 heavy (non-hydrogen) atoms. The summed E-state index contributed by atoms with van der Waals surface area (Å²) in [6, 6.07) is 3.04. The van der Waals surface area contributed by atoms with E-state index < -0.39 is 24.5 Å². The summed E-state index contributed by atoms with van der Waals surface area (Å²) in [6.07, 6.45) is -4.10. The Hall–Kier alpha value is -3.51. The fourth-order valence-electron chi connectivity index (χ4n) is 3.60. The largest absolute Gasteiger partial charge is 0.470 e. The lowest BCUT2D eigenvalue weighted by molar-refractivity contribution is -0.157. The van der Waals surface area contributed by atoms with Crippen LogP contribution in [0.4, 0.5) is 28.0 Å². The van der Waals surface area contributed by atoms with E-state index >= 15 is 0 Å². The maximum atomic E-state index is 13.4. The van der Waals surface area contributed by atoms with Gasteiger partial charge in [0.05, 0.1) is 23.2 Å². The van der Waals surface area contributed by atoms with Crippen molar-refractivity contribution in [3.05, 3.63) is 59.3 Å². The second kappa shape index (κ2) is 6.50. The van der Waals surface area contributed by atoms with Gasteiger partial charge in [-0.2, -0.15) is 18.3 Å². The minimum Gasteiger partial charge on any atom is -0.399 e. The van der Waals surface area contributed by atoms with Gasteiger partial charge in [0.1, 0.15) is 6.04 Å². The number of H-pyrrole nitrogens is 1. The van der Waals surface area contributed by atoms with Crippen LogP contribution in [-0.4, -0.2) is 36.3 Å². The summed E-state index contributed by atoms with van der Waals surface area (Å²) in [4.78, 5) is 8.69. The van der Waals surface area contributed by atoms with Crippen LogP contribution in [0.5, 0.6) is 0 Å². The van der Waals surface area contributed by atoms with Crippen molar-refractivity contribution < 1.29 is 26.4 Å². The highest BCUT2D eigenvalue weighted by Crippen LogP contribution is 2.38. The van der Waals surface area contributed by atoms with E-state index in [4.69, 9.17) is 4.42 Å². The molecule has 156 valence electrons. The molecule has 1 unspecified atom stereocenters. The lowest BCUT2D eigenvalue weighted by Gasteiger charge is -2.32. The van der Waals surface area contributed by atoms with Crippen molar-refractivity contribution in [2.24, 2.45) is 0 Å². The van der Waals surface area contributed by atoms with Crippen LogP contribution in [0.3, 0.4) is 0 Å². The van der Waals surface area contributed by atoms with Crippen molar-refractivity contribution >= 4 is 11.5 Å². The predicted molar refractivity (Wildman–Crippen MR) is 90.9 cm³/mol. The average Bonchev–Trinajstić information content (AvgIpc) is 3.43. The zero-order chi connectivity index (χ0) is 21.0. The normalized spacial score (nSPS) is 17.1. The summed E-state index contributed by atoms with van der Waals surface area (Å²) in [5, 5.41) is 11.0. The van der Waals surface area contributed by atoms with E-state index in [1.165, 1.54) is 40.1 Å². The van der Waals surface area contributed by atoms with Gasteiger partial charge in [-0.1, -0.05) is 5.10 Å². The first-order chi connectivity index (χ1) is 14.3. The summed E-state index contributed by atoms with van der Waals surface area (Å²) in [6.45, 7) is 0.231. The third-order valence-corrected chi connectivity index (χ3v) is 4.90. The van der Waals surface area contributed by atoms with Gasteiger partial charge in [0, 0.05) is 30.4 Å². The Balaban J connectivity index is 1.64. The molecule has 1 aliphatic heterocycles. The number of nitrogens with one attached hydrogen (secondary N) is 1. The van der Waals surface area contributed by atoms with Crippen LogP contribution in [0.15, 0.2) is 35.1 Å². The molecule has 4 aromatic rings. The summed E-state index contributed by atoms with van der Waals surface area (Å²) >= 11 is 0. The Morgan fingerprint density at radius 2 is 2.07 bits per heavy atom. The standard InChI is InChI=1S/C17H12F5N7O/c18-14(19)8-2-1-4-29-11(8)6-10(27-29)13-12-9(23-7-24-12)3-5-28(13)16-26-25-15(30-16)17(20,21)22/h1-2,4,6-7,13-14H,3,5H2,(H,23,24). The van der Waals surface area contributed by atoms with Crippen molar-refractivity contribution in [2.75, 3.05) is 11.4 Å². The van der Waals surface area contributed by atoms with Gasteiger partial charge in [-0.15, -0.1) is 5.10 Å². The van der Waals surface area contributed by atoms with Crippen LogP contribution in [-0.2, 0) is 12.6 Å². The fourth-order valence-corrected chi connectivity index (χ4v) is 3.60. The van der Waals surface area contributed by atoms with Gasteiger partial charge in [0.15, 0.2) is 0 Å². The van der Waals surface area contributed by atoms with Gasteiger partial charge in [0.25, 0.3) is 6.43 Å². The zero-order valence-electron chi connectivity index (χ0n) is 14.9. The molecule has 0 aliphatic carbocycles. The molecule has 5 heterocycles. The molecule has 1 atom stereocenters. The number of halogens is 5. The smallest absolute Gasteiger partial charge is 0.399 e. The first kappa shape index (κ1) is 18.5. The van der Waals surface area contributed by atoms with E-state index in [2.05, 4.69) is 25.3 Å². The molecule has 1 aliphatic rings. The number of hydrogen-bond acceptors (Lipinski definition) is 6. The molecule has 4 aromatic heterocycles. The highest BCUT2D eigenvalue weighted by molar-refractivity contribution is 5.58. The zero-order valence-corrected chi connectivity index (χ0v) is 14.9. The number of fused-ring (bicyclic) bond motifs is 2. The van der Waals surface area contributed by atoms with Gasteiger partial charge in [-0.3, -0.25) is 0 Å². The molecule has 0 amide bonds. The fraction of sp³-hybridized carbons (Fsp3) is 0.294. The van der Waals surface area contributed by atoms with Crippen LogP contribution >= 0.6 is 0 Å². The number of anilines is 1. The van der Waals surface area contributed by atoms with Gasteiger partial charge < -0.3 is 14.3 Å². The molecule has 5 rings (SSSR count).